The van der Waals surface area contributed by atoms with Crippen molar-refractivity contribution in [3.8, 4) is 17.4 Å². The molecule has 43 heavy (non-hydrogen) atoms. The zero-order valence-electron chi connectivity index (χ0n) is 23.6. The van der Waals surface area contributed by atoms with Crippen LogP contribution in [0.25, 0.3) is 11.0 Å². The zero-order valence-corrected chi connectivity index (χ0v) is 23.6. The Morgan fingerprint density at radius 2 is 1.33 bits per heavy atom. The van der Waals surface area contributed by atoms with Gasteiger partial charge in [0, 0.05) is 12.0 Å². The van der Waals surface area contributed by atoms with E-state index in [9.17, 15) is 14.7 Å². The first-order valence-corrected chi connectivity index (χ1v) is 13.8. The number of aliphatic carboxylic acids is 1. The minimum absolute atomic E-state index is 0.127. The van der Waals surface area contributed by atoms with E-state index >= 15 is 0 Å². The lowest BCUT2D eigenvalue weighted by molar-refractivity contribution is -0.139. The molecule has 4 aromatic carbocycles. The number of para-hydroxylation sites is 2. The summed E-state index contributed by atoms with van der Waals surface area (Å²) in [6.07, 6.45) is 0.127. The van der Waals surface area contributed by atoms with E-state index < -0.39 is 17.9 Å². The fourth-order valence-corrected chi connectivity index (χ4v) is 4.35. The highest BCUT2D eigenvalue weighted by Gasteiger charge is 2.21. The summed E-state index contributed by atoms with van der Waals surface area (Å²) in [5, 5.41) is 12.3. The van der Waals surface area contributed by atoms with E-state index in [0.29, 0.717) is 35.2 Å². The SMILES string of the molecule is Cc1nc2ccccc2nc1OCCOc1ccc(C(=O)N[C@@H](Cc2ccc(OCc3ccccc3)cc2)C(=O)O)cc1. The number of benzene rings is 4. The third kappa shape index (κ3) is 8.07. The van der Waals surface area contributed by atoms with Gasteiger partial charge in [-0.25, -0.2) is 14.8 Å². The molecule has 9 heteroatoms. The Bertz CT molecular complexity index is 1680. The smallest absolute Gasteiger partial charge is 0.326 e. The van der Waals surface area contributed by atoms with Crippen LogP contribution in [0.1, 0.15) is 27.2 Å². The minimum Gasteiger partial charge on any atom is -0.490 e. The van der Waals surface area contributed by atoms with Crippen LogP contribution in [0.5, 0.6) is 17.4 Å². The molecule has 0 fully saturated rings. The molecule has 0 bridgehead atoms. The van der Waals surface area contributed by atoms with Gasteiger partial charge in [0.05, 0.1) is 11.0 Å². The van der Waals surface area contributed by atoms with E-state index in [1.807, 2.05) is 61.5 Å². The van der Waals surface area contributed by atoms with Gasteiger partial charge in [-0.1, -0.05) is 54.6 Å². The van der Waals surface area contributed by atoms with Gasteiger partial charge in [0.15, 0.2) is 0 Å². The number of nitrogens with one attached hydrogen (secondary N) is 1. The van der Waals surface area contributed by atoms with Crippen LogP contribution in [0, 0.1) is 6.92 Å². The largest absolute Gasteiger partial charge is 0.490 e. The molecule has 5 rings (SSSR count). The normalized spacial score (nSPS) is 11.5. The maximum Gasteiger partial charge on any atom is 0.326 e. The number of carbonyl (C=O) groups is 2. The van der Waals surface area contributed by atoms with Gasteiger partial charge in [0.25, 0.3) is 5.91 Å². The number of carboxylic acid groups (broad SMARTS) is 1. The monoisotopic (exact) mass is 577 g/mol. The number of hydrogen-bond donors (Lipinski definition) is 2. The third-order valence-corrected chi connectivity index (χ3v) is 6.62. The van der Waals surface area contributed by atoms with Crippen LogP contribution in [0.3, 0.4) is 0 Å². The van der Waals surface area contributed by atoms with Crippen molar-refractivity contribution in [3.63, 3.8) is 0 Å². The lowest BCUT2D eigenvalue weighted by atomic mass is 10.1. The predicted molar refractivity (Wildman–Crippen MR) is 162 cm³/mol. The molecule has 218 valence electrons. The molecule has 0 aliphatic heterocycles. The maximum absolute atomic E-state index is 12.8. The molecule has 0 aliphatic carbocycles. The second kappa shape index (κ2) is 14.0. The van der Waals surface area contributed by atoms with Crippen LogP contribution in [0.4, 0.5) is 0 Å². The minimum atomic E-state index is -1.12. The van der Waals surface area contributed by atoms with Crippen molar-refractivity contribution < 1.29 is 28.9 Å². The van der Waals surface area contributed by atoms with Crippen LogP contribution in [0.15, 0.2) is 103 Å². The van der Waals surface area contributed by atoms with Crippen molar-refractivity contribution in [1.82, 2.24) is 15.3 Å². The fourth-order valence-electron chi connectivity index (χ4n) is 4.35. The fraction of sp³-hybridized carbons (Fsp3) is 0.176. The van der Waals surface area contributed by atoms with E-state index in [1.54, 1.807) is 48.5 Å². The molecule has 0 saturated heterocycles. The molecule has 0 aliphatic rings. The molecule has 1 atom stereocenters. The molecule has 1 amide bonds. The van der Waals surface area contributed by atoms with E-state index in [2.05, 4.69) is 15.3 Å². The van der Waals surface area contributed by atoms with Crippen LogP contribution >= 0.6 is 0 Å². The Labute approximate surface area is 249 Å². The molecule has 0 unspecified atom stereocenters. The number of carboxylic acids is 1. The van der Waals surface area contributed by atoms with E-state index in [1.165, 1.54) is 0 Å². The molecular weight excluding hydrogens is 546 g/mol. The zero-order chi connectivity index (χ0) is 30.0. The number of hydrogen-bond acceptors (Lipinski definition) is 7. The molecule has 9 nitrogen and oxygen atoms in total. The number of ether oxygens (including phenoxy) is 3. The highest BCUT2D eigenvalue weighted by Crippen LogP contribution is 2.19. The molecule has 1 heterocycles. The van der Waals surface area contributed by atoms with Gasteiger partial charge in [0.2, 0.25) is 5.88 Å². The third-order valence-electron chi connectivity index (χ3n) is 6.62. The lowest BCUT2D eigenvalue weighted by Gasteiger charge is -2.15. The molecule has 2 N–H and O–H groups in total. The van der Waals surface area contributed by atoms with Gasteiger partial charge in [-0.2, -0.15) is 0 Å². The highest BCUT2D eigenvalue weighted by atomic mass is 16.5. The van der Waals surface area contributed by atoms with Crippen molar-refractivity contribution in [3.05, 3.63) is 126 Å². The summed E-state index contributed by atoms with van der Waals surface area (Å²) in [6.45, 7) is 2.80. The number of aromatic nitrogens is 2. The number of nitrogens with zero attached hydrogens (tertiary/aromatic N) is 2. The Kier molecular flexibility index (Phi) is 9.43. The van der Waals surface area contributed by atoms with Gasteiger partial charge < -0.3 is 24.6 Å². The molecule has 0 radical (unpaired) electrons. The second-order valence-corrected chi connectivity index (χ2v) is 9.81. The van der Waals surface area contributed by atoms with Crippen LogP contribution in [-0.2, 0) is 17.8 Å². The molecule has 5 aromatic rings. The Morgan fingerprint density at radius 1 is 0.721 bits per heavy atom. The van der Waals surface area contributed by atoms with Crippen LogP contribution in [0.2, 0.25) is 0 Å². The lowest BCUT2D eigenvalue weighted by Crippen LogP contribution is -2.42. The number of aryl methyl sites for hydroxylation is 1. The molecule has 0 spiro atoms. The van der Waals surface area contributed by atoms with Crippen molar-refractivity contribution in [2.24, 2.45) is 0 Å². The summed E-state index contributed by atoms with van der Waals surface area (Å²) in [5.74, 6) is 0.0647. The van der Waals surface area contributed by atoms with Crippen molar-refractivity contribution in [1.29, 1.82) is 0 Å². The first kappa shape index (κ1) is 29.1. The first-order chi connectivity index (χ1) is 20.9. The predicted octanol–water partition coefficient (Wildman–Crippen LogP) is 5.40. The Morgan fingerprint density at radius 3 is 2.02 bits per heavy atom. The first-order valence-electron chi connectivity index (χ1n) is 13.8. The van der Waals surface area contributed by atoms with Gasteiger partial charge in [-0.05, 0) is 66.6 Å². The Hall–Kier alpha value is -5.44. The van der Waals surface area contributed by atoms with Crippen LogP contribution < -0.4 is 19.5 Å². The summed E-state index contributed by atoms with van der Waals surface area (Å²) in [5.41, 5.74) is 4.39. The standard InChI is InChI=1S/C34H31N3O6/c1-23-33(37-30-10-6-5-9-29(30)35-23)42-20-19-41-27-17-13-26(14-18-27)32(38)36-31(34(39)40)21-24-11-15-28(16-12-24)43-22-25-7-3-2-4-8-25/h2-18,31H,19-22H2,1H3,(H,36,38)(H,39,40)/t31-/m0/s1. The van der Waals surface area contributed by atoms with Gasteiger partial charge in [0.1, 0.15) is 43.1 Å². The molecule has 0 saturated carbocycles. The van der Waals surface area contributed by atoms with E-state index in [-0.39, 0.29) is 19.6 Å². The quantitative estimate of drug-likeness (QED) is 0.179. The maximum atomic E-state index is 12.8. The Balaban J connectivity index is 1.09. The summed E-state index contributed by atoms with van der Waals surface area (Å²) in [7, 11) is 0. The van der Waals surface area contributed by atoms with E-state index in [4.69, 9.17) is 14.2 Å². The number of amides is 1. The molecular formula is C34H31N3O6. The summed E-state index contributed by atoms with van der Waals surface area (Å²) in [4.78, 5) is 33.7. The van der Waals surface area contributed by atoms with Gasteiger partial charge >= 0.3 is 5.97 Å². The van der Waals surface area contributed by atoms with Gasteiger partial charge in [-0.3, -0.25) is 4.79 Å². The summed E-state index contributed by atoms with van der Waals surface area (Å²) in [6, 6.07) is 29.9. The van der Waals surface area contributed by atoms with Crippen molar-refractivity contribution in [2.45, 2.75) is 26.0 Å². The van der Waals surface area contributed by atoms with Crippen LogP contribution in [-0.4, -0.2) is 46.2 Å². The van der Waals surface area contributed by atoms with Gasteiger partial charge in [-0.15, -0.1) is 0 Å². The van der Waals surface area contributed by atoms with Crippen molar-refractivity contribution >= 4 is 22.9 Å². The number of carbonyl (C=O) groups excluding carboxylic acids is 1. The summed E-state index contributed by atoms with van der Waals surface area (Å²) >= 11 is 0. The van der Waals surface area contributed by atoms with Crippen molar-refractivity contribution in [2.75, 3.05) is 13.2 Å². The molecule has 1 aromatic heterocycles. The second-order valence-electron chi connectivity index (χ2n) is 9.81. The summed E-state index contributed by atoms with van der Waals surface area (Å²) < 4.78 is 17.3. The van der Waals surface area contributed by atoms with E-state index in [0.717, 1.165) is 22.2 Å². The average molecular weight is 578 g/mol. The average Bonchev–Trinajstić information content (AvgIpc) is 3.03. The topological polar surface area (TPSA) is 120 Å². The number of rotatable bonds is 13. The number of fused-ring (bicyclic) bond motifs is 1. The highest BCUT2D eigenvalue weighted by molar-refractivity contribution is 5.96.